The van der Waals surface area contributed by atoms with E-state index in [1.165, 1.54) is 0 Å². The number of carbonyl (C=O) groups excluding carboxylic acids is 3. The maximum Gasteiger partial charge on any atom is 0.408 e. The average molecular weight is 598 g/mol. The third kappa shape index (κ3) is 10.4. The molecule has 0 saturated carbocycles. The van der Waals surface area contributed by atoms with E-state index in [-0.39, 0.29) is 17.9 Å². The fraction of sp³-hybridized carbons (Fsp3) is 0.559. The van der Waals surface area contributed by atoms with Gasteiger partial charge in [-0.3, -0.25) is 9.59 Å². The van der Waals surface area contributed by atoms with E-state index in [2.05, 4.69) is 24.5 Å². The molecule has 0 aromatic heterocycles. The van der Waals surface area contributed by atoms with Gasteiger partial charge >= 0.3 is 6.09 Å². The lowest BCUT2D eigenvalue weighted by Crippen LogP contribution is -2.55. The van der Waals surface area contributed by atoms with E-state index in [0.29, 0.717) is 30.2 Å². The molecule has 2 aromatic carbocycles. The highest BCUT2D eigenvalue weighted by Gasteiger charge is 2.40. The van der Waals surface area contributed by atoms with Crippen molar-refractivity contribution < 1.29 is 19.1 Å². The molecule has 3 atom stereocenters. The van der Waals surface area contributed by atoms with Crippen LogP contribution in [0, 0.1) is 26.7 Å². The summed E-state index contributed by atoms with van der Waals surface area (Å²) < 4.78 is 5.53. The average Bonchev–Trinajstić information content (AvgIpc) is 2.89. The standard InChI is InChI=1S/C34H51N3O4S/c1-22(2)18-19-26(6)37(32(39)28(20-21-42-10)36-33(40)41-34(7,8)9)30(29-24(4)15-13-16-25(29)5)31(38)35-27-17-12-11-14-23(27)3/h11-17,22,26,28,30H,18-21H2,1-10H3,(H,35,38)(H,36,40). The van der Waals surface area contributed by atoms with E-state index in [9.17, 15) is 14.4 Å². The molecule has 2 rings (SSSR count). The van der Waals surface area contributed by atoms with Crippen LogP contribution in [0.5, 0.6) is 0 Å². The molecule has 0 bridgehead atoms. The Balaban J connectivity index is 2.69. The molecule has 0 fully saturated rings. The predicted molar refractivity (Wildman–Crippen MR) is 175 cm³/mol. The third-order valence-electron chi connectivity index (χ3n) is 7.24. The Labute approximate surface area is 257 Å². The van der Waals surface area contributed by atoms with Gasteiger partial charge in [0, 0.05) is 11.7 Å². The zero-order chi connectivity index (χ0) is 31.6. The molecule has 0 heterocycles. The van der Waals surface area contributed by atoms with E-state index in [4.69, 9.17) is 4.74 Å². The SMILES string of the molecule is CSCCC(NC(=O)OC(C)(C)C)C(=O)N(C(C)CCC(C)C)C(C(=O)Nc1ccccc1C)c1c(C)cccc1C. The maximum atomic E-state index is 14.7. The second kappa shape index (κ2) is 16.0. The minimum Gasteiger partial charge on any atom is -0.444 e. The summed E-state index contributed by atoms with van der Waals surface area (Å²) in [4.78, 5) is 43.7. The molecule has 0 aliphatic heterocycles. The number of alkyl carbamates (subject to hydrolysis) is 1. The number of rotatable bonds is 13. The van der Waals surface area contributed by atoms with Crippen LogP contribution in [0.3, 0.4) is 0 Å². The van der Waals surface area contributed by atoms with E-state index < -0.39 is 23.8 Å². The van der Waals surface area contributed by atoms with Gasteiger partial charge in [-0.05, 0) is 114 Å². The molecular weight excluding hydrogens is 546 g/mol. The number of hydrogen-bond acceptors (Lipinski definition) is 5. The topological polar surface area (TPSA) is 87.7 Å². The van der Waals surface area contributed by atoms with Crippen LogP contribution in [0.25, 0.3) is 0 Å². The third-order valence-corrected chi connectivity index (χ3v) is 7.88. The molecule has 0 spiro atoms. The van der Waals surface area contributed by atoms with Gasteiger partial charge in [-0.25, -0.2) is 4.79 Å². The molecular formula is C34H51N3O4S. The minimum atomic E-state index is -0.905. The number of ether oxygens (including phenoxy) is 1. The van der Waals surface area contributed by atoms with Crippen molar-refractivity contribution in [2.24, 2.45) is 5.92 Å². The fourth-order valence-corrected chi connectivity index (χ4v) is 5.48. The Bertz CT molecular complexity index is 1190. The molecule has 2 N–H and O–H groups in total. The number of anilines is 1. The van der Waals surface area contributed by atoms with Crippen molar-refractivity contribution in [3.8, 4) is 0 Å². The molecule has 3 amide bonds. The van der Waals surface area contributed by atoms with Crippen molar-refractivity contribution in [1.29, 1.82) is 0 Å². The normalized spacial score (nSPS) is 13.7. The van der Waals surface area contributed by atoms with Crippen molar-refractivity contribution in [3.05, 3.63) is 64.7 Å². The molecule has 7 nitrogen and oxygen atoms in total. The van der Waals surface area contributed by atoms with Crippen LogP contribution in [0.15, 0.2) is 42.5 Å². The van der Waals surface area contributed by atoms with Crippen LogP contribution >= 0.6 is 11.8 Å². The van der Waals surface area contributed by atoms with Gasteiger partial charge in [-0.15, -0.1) is 0 Å². The quantitative estimate of drug-likeness (QED) is 0.248. The Kier molecular flexibility index (Phi) is 13.4. The largest absolute Gasteiger partial charge is 0.444 e. The predicted octanol–water partition coefficient (Wildman–Crippen LogP) is 7.59. The van der Waals surface area contributed by atoms with Crippen LogP contribution in [-0.2, 0) is 14.3 Å². The summed E-state index contributed by atoms with van der Waals surface area (Å²) in [7, 11) is 0. The first-order valence-corrected chi connectivity index (χ1v) is 16.3. The van der Waals surface area contributed by atoms with Crippen molar-refractivity contribution in [2.45, 2.75) is 105 Å². The van der Waals surface area contributed by atoms with Gasteiger partial charge in [-0.1, -0.05) is 50.2 Å². The summed E-state index contributed by atoms with van der Waals surface area (Å²) in [5, 5.41) is 5.97. The number of nitrogens with one attached hydrogen (secondary N) is 2. The summed E-state index contributed by atoms with van der Waals surface area (Å²) >= 11 is 1.60. The number of aryl methyl sites for hydroxylation is 3. The van der Waals surface area contributed by atoms with E-state index in [1.807, 2.05) is 76.4 Å². The van der Waals surface area contributed by atoms with E-state index in [1.54, 1.807) is 37.4 Å². The van der Waals surface area contributed by atoms with Crippen molar-refractivity contribution >= 4 is 35.4 Å². The second-order valence-electron chi connectivity index (χ2n) is 12.6. The Morgan fingerprint density at radius 2 is 1.48 bits per heavy atom. The molecule has 0 aliphatic carbocycles. The number of amides is 3. The zero-order valence-corrected chi connectivity index (χ0v) is 28.0. The summed E-state index contributed by atoms with van der Waals surface area (Å²) in [5.74, 6) is 0.506. The van der Waals surface area contributed by atoms with Gasteiger partial charge in [0.2, 0.25) is 5.91 Å². The van der Waals surface area contributed by atoms with Gasteiger partial charge in [0.15, 0.2) is 0 Å². The van der Waals surface area contributed by atoms with Crippen LogP contribution in [0.4, 0.5) is 10.5 Å². The first-order valence-electron chi connectivity index (χ1n) is 14.9. The van der Waals surface area contributed by atoms with Gasteiger partial charge in [0.25, 0.3) is 5.91 Å². The molecule has 0 saturated heterocycles. The van der Waals surface area contributed by atoms with Crippen molar-refractivity contribution in [2.75, 3.05) is 17.3 Å². The summed E-state index contributed by atoms with van der Waals surface area (Å²) in [6, 6.07) is 11.5. The summed E-state index contributed by atoms with van der Waals surface area (Å²) in [6.45, 7) is 17.6. The lowest BCUT2D eigenvalue weighted by molar-refractivity contribution is -0.143. The highest BCUT2D eigenvalue weighted by atomic mass is 32.2. The Morgan fingerprint density at radius 3 is 2.02 bits per heavy atom. The van der Waals surface area contributed by atoms with Gasteiger partial charge in [0.05, 0.1) is 0 Å². The zero-order valence-electron chi connectivity index (χ0n) is 27.2. The van der Waals surface area contributed by atoms with Crippen LogP contribution in [0.2, 0.25) is 0 Å². The lowest BCUT2D eigenvalue weighted by atomic mass is 9.91. The van der Waals surface area contributed by atoms with Gasteiger partial charge < -0.3 is 20.3 Å². The number of benzene rings is 2. The molecule has 2 aromatic rings. The monoisotopic (exact) mass is 597 g/mol. The van der Waals surface area contributed by atoms with Crippen molar-refractivity contribution in [3.63, 3.8) is 0 Å². The fourth-order valence-electron chi connectivity index (χ4n) is 5.00. The summed E-state index contributed by atoms with van der Waals surface area (Å²) in [5.41, 5.74) is 3.57. The molecule has 0 aliphatic rings. The maximum absolute atomic E-state index is 14.7. The van der Waals surface area contributed by atoms with Crippen LogP contribution in [0.1, 0.15) is 89.1 Å². The number of nitrogens with zero attached hydrogens (tertiary/aromatic N) is 1. The highest BCUT2D eigenvalue weighted by molar-refractivity contribution is 7.98. The molecule has 8 heteroatoms. The number of hydrogen-bond donors (Lipinski definition) is 2. The number of carbonyl (C=O) groups is 3. The smallest absolute Gasteiger partial charge is 0.408 e. The highest BCUT2D eigenvalue weighted by Crippen LogP contribution is 2.33. The first kappa shape index (κ1) is 35.2. The van der Waals surface area contributed by atoms with Crippen LogP contribution < -0.4 is 10.6 Å². The molecule has 0 radical (unpaired) electrons. The second-order valence-corrected chi connectivity index (χ2v) is 13.5. The number of thioether (sulfide) groups is 1. The van der Waals surface area contributed by atoms with Crippen LogP contribution in [-0.4, -0.2) is 52.5 Å². The lowest BCUT2D eigenvalue weighted by Gasteiger charge is -2.40. The van der Waals surface area contributed by atoms with Gasteiger partial charge in [-0.2, -0.15) is 11.8 Å². The summed E-state index contributed by atoms with van der Waals surface area (Å²) in [6.07, 6.45) is 3.33. The number of para-hydroxylation sites is 1. The van der Waals surface area contributed by atoms with E-state index in [0.717, 1.165) is 28.7 Å². The van der Waals surface area contributed by atoms with E-state index >= 15 is 0 Å². The molecule has 3 unspecified atom stereocenters. The Hall–Kier alpha value is -3.00. The minimum absolute atomic E-state index is 0.274. The van der Waals surface area contributed by atoms with Crippen molar-refractivity contribution in [1.82, 2.24) is 10.2 Å². The van der Waals surface area contributed by atoms with Gasteiger partial charge in [0.1, 0.15) is 17.7 Å². The molecule has 232 valence electrons. The molecule has 42 heavy (non-hydrogen) atoms. The first-order chi connectivity index (χ1) is 19.7. The Morgan fingerprint density at radius 1 is 0.881 bits per heavy atom.